The lowest BCUT2D eigenvalue weighted by atomic mass is 10.2. The molecule has 4 nitrogen and oxygen atoms in total. The van der Waals surface area contributed by atoms with Crippen molar-refractivity contribution in [2.24, 2.45) is 0 Å². The average Bonchev–Trinajstić information content (AvgIpc) is 2.38. The number of methoxy groups -OCH3 is 1. The Labute approximate surface area is 102 Å². The summed E-state index contributed by atoms with van der Waals surface area (Å²) in [5, 5.41) is 3.16. The second-order valence-corrected chi connectivity index (χ2v) is 3.61. The first-order valence-electron chi connectivity index (χ1n) is 5.79. The van der Waals surface area contributed by atoms with Crippen LogP contribution < -0.4 is 10.1 Å². The van der Waals surface area contributed by atoms with Crippen LogP contribution in [0.5, 0.6) is 5.75 Å². The van der Waals surface area contributed by atoms with E-state index in [0.29, 0.717) is 18.7 Å². The molecule has 1 N–H and O–H groups in total. The van der Waals surface area contributed by atoms with Crippen molar-refractivity contribution >= 4 is 5.97 Å². The number of carbonyl (C=O) groups excluding carboxylic acids is 1. The fourth-order valence-corrected chi connectivity index (χ4v) is 1.33. The van der Waals surface area contributed by atoms with Crippen LogP contribution >= 0.6 is 0 Å². The zero-order chi connectivity index (χ0) is 12.5. The number of ether oxygens (including phenoxy) is 2. The zero-order valence-electron chi connectivity index (χ0n) is 10.4. The minimum absolute atomic E-state index is 0.300. The Morgan fingerprint density at radius 1 is 1.24 bits per heavy atom. The van der Waals surface area contributed by atoms with E-state index in [1.807, 2.05) is 0 Å². The molecule has 0 unspecified atom stereocenters. The summed E-state index contributed by atoms with van der Waals surface area (Å²) in [5.74, 6) is 0.428. The fraction of sp³-hybridized carbons (Fsp3) is 0.462. The van der Waals surface area contributed by atoms with Gasteiger partial charge in [0, 0.05) is 6.54 Å². The van der Waals surface area contributed by atoms with Crippen molar-refractivity contribution in [2.45, 2.75) is 13.3 Å². The molecule has 0 heterocycles. The number of hydrogen-bond acceptors (Lipinski definition) is 4. The number of nitrogens with one attached hydrogen (secondary N) is 1. The standard InChI is InChI=1S/C13H19NO3/c1-3-8-14-9-10-17-13(15)11-4-6-12(16-2)7-5-11/h4-7,14H,3,8-10H2,1-2H3. The Kier molecular flexibility index (Phi) is 6.10. The average molecular weight is 237 g/mol. The molecule has 0 aliphatic carbocycles. The molecule has 0 atom stereocenters. The smallest absolute Gasteiger partial charge is 0.338 e. The number of carbonyl (C=O) groups is 1. The normalized spacial score (nSPS) is 10.0. The Balaban J connectivity index is 2.31. The van der Waals surface area contributed by atoms with Gasteiger partial charge >= 0.3 is 5.97 Å². The van der Waals surface area contributed by atoms with Crippen LogP contribution in [0, 0.1) is 0 Å². The van der Waals surface area contributed by atoms with E-state index in [2.05, 4.69) is 12.2 Å². The molecule has 0 spiro atoms. The number of hydrogen-bond donors (Lipinski definition) is 1. The van der Waals surface area contributed by atoms with Crippen molar-refractivity contribution in [1.29, 1.82) is 0 Å². The summed E-state index contributed by atoms with van der Waals surface area (Å²) in [5.41, 5.74) is 0.543. The van der Waals surface area contributed by atoms with Gasteiger partial charge in [-0.15, -0.1) is 0 Å². The molecule has 0 saturated carbocycles. The molecule has 0 aromatic heterocycles. The minimum atomic E-state index is -0.300. The van der Waals surface area contributed by atoms with E-state index >= 15 is 0 Å². The van der Waals surface area contributed by atoms with Crippen LogP contribution in [0.3, 0.4) is 0 Å². The zero-order valence-corrected chi connectivity index (χ0v) is 10.4. The summed E-state index contributed by atoms with van der Waals surface area (Å²) in [6.45, 7) is 4.12. The van der Waals surface area contributed by atoms with E-state index in [9.17, 15) is 4.79 Å². The van der Waals surface area contributed by atoms with Crippen molar-refractivity contribution in [3.05, 3.63) is 29.8 Å². The molecule has 0 saturated heterocycles. The van der Waals surface area contributed by atoms with Gasteiger partial charge in [0.1, 0.15) is 12.4 Å². The molecule has 0 aliphatic rings. The van der Waals surface area contributed by atoms with Crippen molar-refractivity contribution in [3.63, 3.8) is 0 Å². The van der Waals surface area contributed by atoms with Gasteiger partial charge in [0.2, 0.25) is 0 Å². The van der Waals surface area contributed by atoms with Gasteiger partial charge in [0.15, 0.2) is 0 Å². The molecular weight excluding hydrogens is 218 g/mol. The Hall–Kier alpha value is -1.55. The van der Waals surface area contributed by atoms with Crippen LogP contribution in [0.1, 0.15) is 23.7 Å². The van der Waals surface area contributed by atoms with Crippen LogP contribution in [-0.4, -0.2) is 32.8 Å². The number of rotatable bonds is 7. The largest absolute Gasteiger partial charge is 0.497 e. The van der Waals surface area contributed by atoms with Gasteiger partial charge in [0.05, 0.1) is 12.7 Å². The topological polar surface area (TPSA) is 47.6 Å². The van der Waals surface area contributed by atoms with Crippen LogP contribution in [0.15, 0.2) is 24.3 Å². The summed E-state index contributed by atoms with van der Waals surface area (Å²) in [6.07, 6.45) is 1.08. The van der Waals surface area contributed by atoms with E-state index in [4.69, 9.17) is 9.47 Å². The molecule has 0 radical (unpaired) electrons. The molecule has 0 fully saturated rings. The molecule has 0 aliphatic heterocycles. The fourth-order valence-electron chi connectivity index (χ4n) is 1.33. The third-order valence-electron chi connectivity index (χ3n) is 2.26. The van der Waals surface area contributed by atoms with Crippen LogP contribution in [-0.2, 0) is 4.74 Å². The van der Waals surface area contributed by atoms with Crippen molar-refractivity contribution < 1.29 is 14.3 Å². The van der Waals surface area contributed by atoms with Crippen molar-refractivity contribution in [2.75, 3.05) is 26.8 Å². The molecule has 94 valence electrons. The highest BCUT2D eigenvalue weighted by atomic mass is 16.5. The van der Waals surface area contributed by atoms with E-state index in [-0.39, 0.29) is 5.97 Å². The van der Waals surface area contributed by atoms with Crippen molar-refractivity contribution in [1.82, 2.24) is 5.32 Å². The molecule has 1 aromatic rings. The first-order chi connectivity index (χ1) is 8.27. The maximum absolute atomic E-state index is 11.6. The summed E-state index contributed by atoms with van der Waals surface area (Å²) in [4.78, 5) is 11.6. The number of esters is 1. The minimum Gasteiger partial charge on any atom is -0.497 e. The SMILES string of the molecule is CCCNCCOC(=O)c1ccc(OC)cc1. The lowest BCUT2D eigenvalue weighted by molar-refractivity contribution is 0.0509. The van der Waals surface area contributed by atoms with Gasteiger partial charge in [-0.2, -0.15) is 0 Å². The third kappa shape index (κ3) is 4.87. The summed E-state index contributed by atoms with van der Waals surface area (Å²) in [7, 11) is 1.59. The summed E-state index contributed by atoms with van der Waals surface area (Å²) >= 11 is 0. The van der Waals surface area contributed by atoms with Crippen LogP contribution in [0.4, 0.5) is 0 Å². The lowest BCUT2D eigenvalue weighted by Crippen LogP contribution is -2.22. The third-order valence-corrected chi connectivity index (χ3v) is 2.26. The predicted octanol–water partition coefficient (Wildman–Crippen LogP) is 1.85. The van der Waals surface area contributed by atoms with Crippen molar-refractivity contribution in [3.8, 4) is 5.75 Å². The van der Waals surface area contributed by atoms with Gasteiger partial charge in [-0.1, -0.05) is 6.92 Å². The van der Waals surface area contributed by atoms with Crippen LogP contribution in [0.25, 0.3) is 0 Å². The quantitative estimate of drug-likeness (QED) is 0.581. The highest BCUT2D eigenvalue weighted by molar-refractivity contribution is 5.89. The summed E-state index contributed by atoms with van der Waals surface area (Å²) in [6, 6.07) is 6.87. The van der Waals surface area contributed by atoms with Gasteiger partial charge < -0.3 is 14.8 Å². The molecule has 0 bridgehead atoms. The van der Waals surface area contributed by atoms with Gasteiger partial charge in [-0.05, 0) is 37.2 Å². The highest BCUT2D eigenvalue weighted by Gasteiger charge is 2.06. The monoisotopic (exact) mass is 237 g/mol. The Morgan fingerprint density at radius 2 is 1.94 bits per heavy atom. The maximum Gasteiger partial charge on any atom is 0.338 e. The lowest BCUT2D eigenvalue weighted by Gasteiger charge is -2.06. The van der Waals surface area contributed by atoms with Crippen LogP contribution in [0.2, 0.25) is 0 Å². The molecule has 1 aromatic carbocycles. The van der Waals surface area contributed by atoms with Gasteiger partial charge in [-0.3, -0.25) is 0 Å². The first kappa shape index (κ1) is 13.5. The molecule has 0 amide bonds. The Bertz CT molecular complexity index is 335. The molecular formula is C13H19NO3. The van der Waals surface area contributed by atoms with Gasteiger partial charge in [-0.25, -0.2) is 4.79 Å². The second-order valence-electron chi connectivity index (χ2n) is 3.61. The first-order valence-corrected chi connectivity index (χ1v) is 5.79. The van der Waals surface area contributed by atoms with E-state index in [0.717, 1.165) is 18.7 Å². The van der Waals surface area contributed by atoms with E-state index in [1.54, 1.807) is 31.4 Å². The predicted molar refractivity (Wildman–Crippen MR) is 66.4 cm³/mol. The maximum atomic E-state index is 11.6. The van der Waals surface area contributed by atoms with Gasteiger partial charge in [0.25, 0.3) is 0 Å². The number of benzene rings is 1. The van der Waals surface area contributed by atoms with E-state index in [1.165, 1.54) is 0 Å². The molecule has 1 rings (SSSR count). The molecule has 17 heavy (non-hydrogen) atoms. The second kappa shape index (κ2) is 7.68. The van der Waals surface area contributed by atoms with E-state index < -0.39 is 0 Å². The Morgan fingerprint density at radius 3 is 2.53 bits per heavy atom. The highest BCUT2D eigenvalue weighted by Crippen LogP contribution is 2.11. The summed E-state index contributed by atoms with van der Waals surface area (Å²) < 4.78 is 10.1. The molecule has 4 heteroatoms.